The molecule has 0 amide bonds. The Labute approximate surface area is 67.7 Å². The number of nitrogens with two attached hydrogens (primary N) is 2. The van der Waals surface area contributed by atoms with Gasteiger partial charge in [0.25, 0.3) is 0 Å². The minimum atomic E-state index is 0.106. The molecule has 0 bridgehead atoms. The summed E-state index contributed by atoms with van der Waals surface area (Å²) in [4.78, 5) is 0. The van der Waals surface area contributed by atoms with Crippen molar-refractivity contribution < 1.29 is 0 Å². The molecule has 4 nitrogen and oxygen atoms in total. The van der Waals surface area contributed by atoms with Crippen molar-refractivity contribution in [3.8, 4) is 0 Å². The monoisotopic (exact) mass is 158 g/mol. The normalized spacial score (nSPS) is 39.0. The molecule has 3 atom stereocenters. The highest BCUT2D eigenvalue weighted by Crippen LogP contribution is 2.03. The summed E-state index contributed by atoms with van der Waals surface area (Å²) in [7, 11) is 0. The molecule has 1 rings (SSSR count). The van der Waals surface area contributed by atoms with Crippen molar-refractivity contribution in [2.75, 3.05) is 6.54 Å². The van der Waals surface area contributed by atoms with Gasteiger partial charge < -0.3 is 11.5 Å². The summed E-state index contributed by atoms with van der Waals surface area (Å²) >= 11 is 0. The molecule has 1 fully saturated rings. The van der Waals surface area contributed by atoms with Gasteiger partial charge in [0, 0.05) is 12.6 Å². The third-order valence-electron chi connectivity index (χ3n) is 2.08. The van der Waals surface area contributed by atoms with E-state index in [1.165, 1.54) is 0 Å². The van der Waals surface area contributed by atoms with E-state index in [9.17, 15) is 0 Å². The van der Waals surface area contributed by atoms with E-state index >= 15 is 0 Å². The lowest BCUT2D eigenvalue weighted by atomic mass is 10.1. The van der Waals surface area contributed by atoms with Gasteiger partial charge in [-0.25, -0.2) is 0 Å². The fourth-order valence-corrected chi connectivity index (χ4v) is 1.43. The van der Waals surface area contributed by atoms with Crippen molar-refractivity contribution in [2.24, 2.45) is 11.5 Å². The summed E-state index contributed by atoms with van der Waals surface area (Å²) in [5.74, 6) is 0. The quantitative estimate of drug-likeness (QED) is 0.412. The summed E-state index contributed by atoms with van der Waals surface area (Å²) in [5.41, 5.74) is 11.3. The molecule has 1 saturated heterocycles. The maximum atomic E-state index is 5.76. The maximum absolute atomic E-state index is 5.76. The molecule has 0 saturated carbocycles. The average Bonchev–Trinajstić information content (AvgIpc) is 2.03. The summed E-state index contributed by atoms with van der Waals surface area (Å²) in [6.07, 6.45) is 2.42. The van der Waals surface area contributed by atoms with Crippen molar-refractivity contribution >= 4 is 0 Å². The fraction of sp³-hybridized carbons (Fsp3) is 1.00. The topological polar surface area (TPSA) is 76.1 Å². The van der Waals surface area contributed by atoms with E-state index in [2.05, 4.69) is 17.6 Å². The lowest BCUT2D eigenvalue weighted by Crippen LogP contribution is -2.62. The van der Waals surface area contributed by atoms with E-state index in [1.54, 1.807) is 0 Å². The van der Waals surface area contributed by atoms with Crippen LogP contribution >= 0.6 is 0 Å². The van der Waals surface area contributed by atoms with E-state index in [0.717, 1.165) is 12.8 Å². The predicted octanol–water partition coefficient (Wildman–Crippen LogP) is -1.08. The third-order valence-corrected chi connectivity index (χ3v) is 2.08. The predicted molar refractivity (Wildman–Crippen MR) is 45.8 cm³/mol. The zero-order valence-electron chi connectivity index (χ0n) is 7.01. The van der Waals surface area contributed by atoms with Gasteiger partial charge in [-0.3, -0.25) is 10.6 Å². The number of hydrogen-bond donors (Lipinski definition) is 4. The molecule has 1 heterocycles. The Morgan fingerprint density at radius 3 is 2.73 bits per heavy atom. The molecule has 0 aromatic carbocycles. The Hall–Kier alpha value is -0.160. The van der Waals surface area contributed by atoms with Crippen molar-refractivity contribution in [1.29, 1.82) is 0 Å². The maximum Gasteiger partial charge on any atom is 0.0583 e. The van der Waals surface area contributed by atoms with E-state index in [1.807, 2.05) is 0 Å². The van der Waals surface area contributed by atoms with Crippen LogP contribution in [0.15, 0.2) is 0 Å². The second kappa shape index (κ2) is 4.01. The zero-order valence-corrected chi connectivity index (χ0v) is 7.01. The van der Waals surface area contributed by atoms with Gasteiger partial charge in [0.2, 0.25) is 0 Å². The standard InChI is InChI=1S/C7H18N4/c1-2-7-10-5(4-8)3-6(9)11-7/h5-7,10-11H,2-4,8-9H2,1H3. The van der Waals surface area contributed by atoms with Crippen molar-refractivity contribution in [2.45, 2.75) is 38.1 Å². The van der Waals surface area contributed by atoms with E-state index in [-0.39, 0.29) is 6.17 Å². The first-order chi connectivity index (χ1) is 5.26. The Bertz CT molecular complexity index is 105. The van der Waals surface area contributed by atoms with Crippen LogP contribution in [0.1, 0.15) is 19.8 Å². The average molecular weight is 158 g/mol. The van der Waals surface area contributed by atoms with E-state index in [4.69, 9.17) is 11.5 Å². The first-order valence-electron chi connectivity index (χ1n) is 4.24. The summed E-state index contributed by atoms with van der Waals surface area (Å²) in [5, 5.41) is 6.61. The molecule has 1 aliphatic rings. The molecule has 0 aliphatic carbocycles. The largest absolute Gasteiger partial charge is 0.329 e. The van der Waals surface area contributed by atoms with E-state index in [0.29, 0.717) is 18.8 Å². The first kappa shape index (κ1) is 8.93. The van der Waals surface area contributed by atoms with Gasteiger partial charge in [-0.05, 0) is 12.8 Å². The number of hydrogen-bond acceptors (Lipinski definition) is 4. The van der Waals surface area contributed by atoms with Gasteiger partial charge in [-0.2, -0.15) is 0 Å². The molecule has 0 spiro atoms. The summed E-state index contributed by atoms with van der Waals surface area (Å²) < 4.78 is 0. The van der Waals surface area contributed by atoms with Crippen molar-refractivity contribution in [1.82, 2.24) is 10.6 Å². The molecule has 1 aliphatic heterocycles. The molecule has 3 unspecified atom stereocenters. The van der Waals surface area contributed by atoms with Crippen LogP contribution in [-0.2, 0) is 0 Å². The molecular weight excluding hydrogens is 140 g/mol. The summed E-state index contributed by atoms with van der Waals surface area (Å²) in [6, 6.07) is 0.385. The van der Waals surface area contributed by atoms with Crippen molar-refractivity contribution in [3.63, 3.8) is 0 Å². The van der Waals surface area contributed by atoms with Crippen LogP contribution in [0.25, 0.3) is 0 Å². The zero-order chi connectivity index (χ0) is 8.27. The summed E-state index contributed by atoms with van der Waals surface area (Å²) in [6.45, 7) is 2.79. The van der Waals surface area contributed by atoms with Crippen LogP contribution in [0.4, 0.5) is 0 Å². The Balaban J connectivity index is 2.37. The van der Waals surface area contributed by atoms with Gasteiger partial charge in [-0.1, -0.05) is 6.92 Å². The van der Waals surface area contributed by atoms with Crippen LogP contribution in [0.2, 0.25) is 0 Å². The van der Waals surface area contributed by atoms with Gasteiger partial charge in [0.1, 0.15) is 0 Å². The van der Waals surface area contributed by atoms with Crippen LogP contribution < -0.4 is 22.1 Å². The molecule has 11 heavy (non-hydrogen) atoms. The minimum absolute atomic E-state index is 0.106. The van der Waals surface area contributed by atoms with Crippen molar-refractivity contribution in [3.05, 3.63) is 0 Å². The Morgan fingerprint density at radius 2 is 2.18 bits per heavy atom. The second-order valence-electron chi connectivity index (χ2n) is 3.07. The molecule has 0 aromatic rings. The molecule has 0 aromatic heterocycles. The Kier molecular flexibility index (Phi) is 3.26. The first-order valence-corrected chi connectivity index (χ1v) is 4.24. The van der Waals surface area contributed by atoms with Crippen LogP contribution in [0.3, 0.4) is 0 Å². The van der Waals surface area contributed by atoms with Gasteiger partial charge in [0.15, 0.2) is 0 Å². The molecule has 4 heteroatoms. The highest BCUT2D eigenvalue weighted by molar-refractivity contribution is 4.83. The van der Waals surface area contributed by atoms with Gasteiger partial charge in [-0.15, -0.1) is 0 Å². The smallest absolute Gasteiger partial charge is 0.0583 e. The van der Waals surface area contributed by atoms with Gasteiger partial charge >= 0.3 is 0 Å². The molecule has 0 radical (unpaired) electrons. The van der Waals surface area contributed by atoms with Gasteiger partial charge in [0.05, 0.1) is 12.3 Å². The lowest BCUT2D eigenvalue weighted by Gasteiger charge is -2.34. The highest BCUT2D eigenvalue weighted by Gasteiger charge is 2.22. The van der Waals surface area contributed by atoms with Crippen LogP contribution in [0.5, 0.6) is 0 Å². The SMILES string of the molecule is CCC1NC(N)CC(CN)N1. The number of nitrogens with one attached hydrogen (secondary N) is 2. The third kappa shape index (κ3) is 2.41. The molecule has 6 N–H and O–H groups in total. The lowest BCUT2D eigenvalue weighted by molar-refractivity contribution is 0.243. The second-order valence-corrected chi connectivity index (χ2v) is 3.07. The minimum Gasteiger partial charge on any atom is -0.329 e. The van der Waals surface area contributed by atoms with Crippen LogP contribution in [0, 0.1) is 0 Å². The fourth-order valence-electron chi connectivity index (χ4n) is 1.43. The Morgan fingerprint density at radius 1 is 1.45 bits per heavy atom. The van der Waals surface area contributed by atoms with E-state index < -0.39 is 0 Å². The molecular formula is C7H18N4. The number of rotatable bonds is 2. The highest BCUT2D eigenvalue weighted by atomic mass is 15.2. The molecule has 66 valence electrons. The van der Waals surface area contributed by atoms with Crippen LogP contribution in [-0.4, -0.2) is 24.9 Å².